The molecule has 0 atom stereocenters. The molecule has 2 amide bonds. The van der Waals surface area contributed by atoms with Gasteiger partial charge in [0.1, 0.15) is 5.76 Å². The van der Waals surface area contributed by atoms with Crippen molar-refractivity contribution in [3.8, 4) is 0 Å². The number of hydrogen-bond donors (Lipinski definition) is 0. The Balaban J connectivity index is 1.42. The molecular weight excluding hydrogens is 390 g/mol. The monoisotopic (exact) mass is 413 g/mol. The first-order chi connectivity index (χ1) is 13.6. The van der Waals surface area contributed by atoms with Crippen molar-refractivity contribution in [2.24, 2.45) is 5.92 Å². The largest absolute Gasteiger partial charge is 0.450 e. The Kier molecular flexibility index (Phi) is 5.97. The summed E-state index contributed by atoms with van der Waals surface area (Å²) in [7, 11) is 0. The highest BCUT2D eigenvalue weighted by Gasteiger charge is 2.36. The van der Waals surface area contributed by atoms with Crippen LogP contribution in [-0.2, 0) is 4.79 Å². The van der Waals surface area contributed by atoms with Crippen LogP contribution in [0.1, 0.15) is 43.4 Å². The van der Waals surface area contributed by atoms with Crippen LogP contribution in [0, 0.1) is 12.8 Å². The Bertz CT molecular complexity index is 895. The zero-order chi connectivity index (χ0) is 19.5. The normalized spacial score (nSPS) is 19.8. The van der Waals surface area contributed by atoms with Crippen molar-refractivity contribution in [2.75, 3.05) is 6.54 Å². The summed E-state index contributed by atoms with van der Waals surface area (Å²) < 4.78 is 5.84. The first-order valence-electron chi connectivity index (χ1n) is 9.68. The number of carbonyl (C=O) groups is 2. The highest BCUT2D eigenvalue weighted by molar-refractivity contribution is 8.18. The molecule has 1 aromatic heterocycles. The molecule has 146 valence electrons. The molecule has 2 fully saturated rings. The predicted molar refractivity (Wildman–Crippen MR) is 113 cm³/mol. The van der Waals surface area contributed by atoms with Gasteiger partial charge in [0.15, 0.2) is 5.09 Å². The molecule has 1 saturated carbocycles. The smallest absolute Gasteiger partial charge is 0.293 e. The Morgan fingerprint density at radius 1 is 1.11 bits per heavy atom. The van der Waals surface area contributed by atoms with Crippen LogP contribution in [-0.4, -0.2) is 22.6 Å². The maximum Gasteiger partial charge on any atom is 0.293 e. The second kappa shape index (κ2) is 8.62. The molecular formula is C22H23NO3S2. The molecule has 1 aliphatic carbocycles. The van der Waals surface area contributed by atoms with Crippen LogP contribution in [0.15, 0.2) is 55.7 Å². The van der Waals surface area contributed by atoms with Crippen LogP contribution < -0.4 is 0 Å². The second-order valence-electron chi connectivity index (χ2n) is 7.37. The third kappa shape index (κ3) is 4.55. The first-order valence-corrected chi connectivity index (χ1v) is 11.3. The summed E-state index contributed by atoms with van der Waals surface area (Å²) in [4.78, 5) is 28.0. The van der Waals surface area contributed by atoms with Crippen LogP contribution in [0.3, 0.4) is 0 Å². The fourth-order valence-electron chi connectivity index (χ4n) is 3.60. The number of amides is 2. The van der Waals surface area contributed by atoms with E-state index in [1.165, 1.54) is 41.5 Å². The molecule has 4 nitrogen and oxygen atoms in total. The zero-order valence-corrected chi connectivity index (χ0v) is 17.5. The molecule has 2 aliphatic rings. The average Bonchev–Trinajstić information content (AvgIpc) is 3.24. The molecule has 0 spiro atoms. The van der Waals surface area contributed by atoms with Gasteiger partial charge in [0.25, 0.3) is 11.1 Å². The van der Waals surface area contributed by atoms with Gasteiger partial charge in [0, 0.05) is 17.5 Å². The lowest BCUT2D eigenvalue weighted by molar-refractivity contribution is -0.123. The van der Waals surface area contributed by atoms with Crippen LogP contribution in [0.4, 0.5) is 4.79 Å². The van der Waals surface area contributed by atoms with E-state index in [1.807, 2.05) is 12.1 Å². The fourth-order valence-corrected chi connectivity index (χ4v) is 5.21. The minimum Gasteiger partial charge on any atom is -0.450 e. The van der Waals surface area contributed by atoms with Gasteiger partial charge in [0.05, 0.1) is 4.91 Å². The number of thioether (sulfide) groups is 1. The van der Waals surface area contributed by atoms with Crippen molar-refractivity contribution in [2.45, 2.75) is 49.0 Å². The summed E-state index contributed by atoms with van der Waals surface area (Å²) in [6, 6.07) is 12.0. The third-order valence-corrected chi connectivity index (χ3v) is 6.99. The van der Waals surface area contributed by atoms with Gasteiger partial charge >= 0.3 is 0 Å². The zero-order valence-electron chi connectivity index (χ0n) is 15.8. The van der Waals surface area contributed by atoms with E-state index in [2.05, 4.69) is 31.2 Å². The highest BCUT2D eigenvalue weighted by Crippen LogP contribution is 2.36. The lowest BCUT2D eigenvalue weighted by Gasteiger charge is -2.25. The van der Waals surface area contributed by atoms with Gasteiger partial charge < -0.3 is 4.42 Å². The number of furan rings is 1. The van der Waals surface area contributed by atoms with Gasteiger partial charge in [-0.1, -0.05) is 48.7 Å². The molecule has 0 unspecified atom stereocenters. The number of benzene rings is 1. The summed E-state index contributed by atoms with van der Waals surface area (Å²) in [5.74, 6) is 0.852. The van der Waals surface area contributed by atoms with Crippen molar-refractivity contribution >= 4 is 40.7 Å². The minimum absolute atomic E-state index is 0.164. The summed E-state index contributed by atoms with van der Waals surface area (Å²) >= 11 is 2.55. The molecule has 6 heteroatoms. The molecule has 0 radical (unpaired) electrons. The average molecular weight is 414 g/mol. The Morgan fingerprint density at radius 3 is 2.61 bits per heavy atom. The quantitative estimate of drug-likeness (QED) is 0.534. The van der Waals surface area contributed by atoms with Crippen LogP contribution >= 0.6 is 23.5 Å². The molecule has 4 rings (SSSR count). The summed E-state index contributed by atoms with van der Waals surface area (Å²) in [5, 5.41) is 0.596. The molecule has 2 aromatic rings. The van der Waals surface area contributed by atoms with Crippen molar-refractivity contribution in [3.05, 3.63) is 52.6 Å². The van der Waals surface area contributed by atoms with E-state index in [1.54, 1.807) is 6.08 Å². The van der Waals surface area contributed by atoms with Crippen LogP contribution in [0.5, 0.6) is 0 Å². The van der Waals surface area contributed by atoms with Gasteiger partial charge in [-0.05, 0) is 61.7 Å². The van der Waals surface area contributed by atoms with Crippen LogP contribution in [0.2, 0.25) is 0 Å². The minimum atomic E-state index is -0.190. The summed E-state index contributed by atoms with van der Waals surface area (Å²) in [5.41, 5.74) is 1.22. The lowest BCUT2D eigenvalue weighted by Crippen LogP contribution is -2.34. The molecule has 2 heterocycles. The fraction of sp³-hybridized carbons (Fsp3) is 0.364. The number of rotatable bonds is 5. The molecule has 1 aromatic carbocycles. The molecule has 1 aliphatic heterocycles. The standard InChI is InChI=1S/C22H23NO3S2/c1-15-7-10-18(11-8-15)27-20-12-9-17(26-20)13-19-21(24)23(22(25)28-19)14-16-5-3-2-4-6-16/h7-13,16H,2-6,14H2,1H3/b19-13+. The Labute approximate surface area is 173 Å². The van der Waals surface area contributed by atoms with Gasteiger partial charge in [-0.3, -0.25) is 14.5 Å². The Hall–Kier alpha value is -1.92. The third-order valence-electron chi connectivity index (χ3n) is 5.15. The van der Waals surface area contributed by atoms with E-state index in [9.17, 15) is 9.59 Å². The number of imide groups is 1. The summed E-state index contributed by atoms with van der Waals surface area (Å²) in [6.45, 7) is 2.61. The van der Waals surface area contributed by atoms with E-state index < -0.39 is 0 Å². The van der Waals surface area contributed by atoms with Crippen molar-refractivity contribution in [1.82, 2.24) is 4.90 Å². The van der Waals surface area contributed by atoms with Gasteiger partial charge in [-0.15, -0.1) is 0 Å². The summed E-state index contributed by atoms with van der Waals surface area (Å²) in [6.07, 6.45) is 7.57. The van der Waals surface area contributed by atoms with Gasteiger partial charge in [-0.25, -0.2) is 0 Å². The SMILES string of the molecule is Cc1ccc(Sc2ccc(/C=C3/SC(=O)N(CC4CCCCC4)C3=O)o2)cc1. The second-order valence-corrected chi connectivity index (χ2v) is 9.44. The highest BCUT2D eigenvalue weighted by atomic mass is 32.2. The molecule has 0 N–H and O–H groups in total. The topological polar surface area (TPSA) is 50.5 Å². The molecule has 1 saturated heterocycles. The predicted octanol–water partition coefficient (Wildman–Crippen LogP) is 6.36. The van der Waals surface area contributed by atoms with E-state index in [0.29, 0.717) is 23.1 Å². The lowest BCUT2D eigenvalue weighted by atomic mass is 9.89. The number of aryl methyl sites for hydroxylation is 1. The van der Waals surface area contributed by atoms with Crippen LogP contribution in [0.25, 0.3) is 6.08 Å². The maximum atomic E-state index is 12.7. The van der Waals surface area contributed by atoms with E-state index in [0.717, 1.165) is 34.6 Å². The van der Waals surface area contributed by atoms with Crippen molar-refractivity contribution in [3.63, 3.8) is 0 Å². The van der Waals surface area contributed by atoms with Gasteiger partial charge in [0.2, 0.25) is 0 Å². The maximum absolute atomic E-state index is 12.7. The van der Waals surface area contributed by atoms with E-state index in [4.69, 9.17) is 4.42 Å². The molecule has 28 heavy (non-hydrogen) atoms. The Morgan fingerprint density at radius 2 is 1.86 bits per heavy atom. The number of hydrogen-bond acceptors (Lipinski definition) is 5. The van der Waals surface area contributed by atoms with Gasteiger partial charge in [-0.2, -0.15) is 0 Å². The van der Waals surface area contributed by atoms with Crippen molar-refractivity contribution in [1.29, 1.82) is 0 Å². The van der Waals surface area contributed by atoms with E-state index in [-0.39, 0.29) is 11.1 Å². The molecule has 0 bridgehead atoms. The number of carbonyl (C=O) groups excluding carboxylic acids is 2. The van der Waals surface area contributed by atoms with E-state index >= 15 is 0 Å². The number of nitrogens with zero attached hydrogens (tertiary/aromatic N) is 1. The van der Waals surface area contributed by atoms with Crippen molar-refractivity contribution < 1.29 is 14.0 Å². The first kappa shape index (κ1) is 19.4.